The highest BCUT2D eigenvalue weighted by molar-refractivity contribution is 9.12. The van der Waals surface area contributed by atoms with Crippen LogP contribution in [0.1, 0.15) is 25.1 Å². The number of thiol groups is 1. The summed E-state index contributed by atoms with van der Waals surface area (Å²) >= 11 is 3.57. The standard InChI is InChI=1S/C16H14BrFN2O3S/c1-16(2)15(17)14(12-6-3-9(18)8-19-12)11-5-4-10(20-24(21)22)7-13(11)23-16/h3-8,24H,1-2H3,(H,20,21,22). The van der Waals surface area contributed by atoms with Gasteiger partial charge < -0.3 is 4.74 Å². The molecule has 1 aromatic carbocycles. The zero-order chi connectivity index (χ0) is 17.5. The average molecular weight is 413 g/mol. The smallest absolute Gasteiger partial charge is 0.222 e. The van der Waals surface area contributed by atoms with E-state index in [9.17, 15) is 12.8 Å². The first-order valence-electron chi connectivity index (χ1n) is 7.04. The van der Waals surface area contributed by atoms with Crippen LogP contribution in [0.5, 0.6) is 5.75 Å². The second-order valence-electron chi connectivity index (χ2n) is 5.74. The van der Waals surface area contributed by atoms with Crippen LogP contribution in [0, 0.1) is 5.82 Å². The van der Waals surface area contributed by atoms with Crippen LogP contribution in [-0.4, -0.2) is 19.0 Å². The Balaban J connectivity index is 2.18. The molecule has 0 unspecified atom stereocenters. The number of ether oxygens (including phenoxy) is 1. The minimum absolute atomic E-state index is 0.407. The molecule has 0 spiro atoms. The Hall–Kier alpha value is -1.93. The lowest BCUT2D eigenvalue weighted by Gasteiger charge is -2.34. The highest BCUT2D eigenvalue weighted by atomic mass is 79.9. The molecule has 1 aliphatic heterocycles. The minimum Gasteiger partial charge on any atom is -0.482 e. The number of nitrogens with one attached hydrogen (secondary N) is 1. The van der Waals surface area contributed by atoms with Gasteiger partial charge in [0.05, 0.1) is 17.6 Å². The lowest BCUT2D eigenvalue weighted by molar-refractivity contribution is 0.155. The summed E-state index contributed by atoms with van der Waals surface area (Å²) in [6, 6.07) is 7.93. The third-order valence-corrected chi connectivity index (χ3v) is 5.36. The molecule has 0 radical (unpaired) electrons. The van der Waals surface area contributed by atoms with Crippen LogP contribution in [0.25, 0.3) is 5.57 Å². The molecule has 8 heteroatoms. The van der Waals surface area contributed by atoms with Gasteiger partial charge >= 0.3 is 0 Å². The Labute approximate surface area is 148 Å². The summed E-state index contributed by atoms with van der Waals surface area (Å²) in [6.45, 7) is 3.75. The van der Waals surface area contributed by atoms with Gasteiger partial charge in [0.15, 0.2) is 0 Å². The van der Waals surface area contributed by atoms with E-state index in [0.29, 0.717) is 17.1 Å². The third kappa shape index (κ3) is 3.16. The van der Waals surface area contributed by atoms with E-state index in [1.807, 2.05) is 13.8 Å². The van der Waals surface area contributed by atoms with Gasteiger partial charge in [0.25, 0.3) is 0 Å². The van der Waals surface area contributed by atoms with Crippen LogP contribution in [-0.2, 0) is 10.9 Å². The fourth-order valence-electron chi connectivity index (χ4n) is 2.50. The normalized spacial score (nSPS) is 15.9. The Morgan fingerprint density at radius 3 is 2.62 bits per heavy atom. The van der Waals surface area contributed by atoms with Gasteiger partial charge in [-0.15, -0.1) is 0 Å². The van der Waals surface area contributed by atoms with Crippen LogP contribution in [0.3, 0.4) is 0 Å². The van der Waals surface area contributed by atoms with Gasteiger partial charge in [-0.25, -0.2) is 12.8 Å². The monoisotopic (exact) mass is 412 g/mol. The minimum atomic E-state index is -2.76. The lowest BCUT2D eigenvalue weighted by atomic mass is 9.92. The number of rotatable bonds is 3. The quantitative estimate of drug-likeness (QED) is 0.757. The second kappa shape index (κ2) is 6.18. The largest absolute Gasteiger partial charge is 0.482 e. The molecule has 5 nitrogen and oxygen atoms in total. The number of nitrogens with zero attached hydrogens (tertiary/aromatic N) is 1. The number of pyridine rings is 1. The van der Waals surface area contributed by atoms with Gasteiger partial charge in [0.1, 0.15) is 17.2 Å². The van der Waals surface area contributed by atoms with Gasteiger partial charge in [-0.1, -0.05) is 15.9 Å². The third-order valence-electron chi connectivity index (χ3n) is 3.57. The maximum Gasteiger partial charge on any atom is 0.222 e. The molecule has 1 aliphatic rings. The van der Waals surface area contributed by atoms with E-state index >= 15 is 0 Å². The summed E-state index contributed by atoms with van der Waals surface area (Å²) in [5, 5.41) is 0. The molecular formula is C16H14BrFN2O3S. The van der Waals surface area contributed by atoms with E-state index < -0.39 is 22.3 Å². The molecule has 126 valence electrons. The summed E-state index contributed by atoms with van der Waals surface area (Å²) in [6.07, 6.45) is 1.16. The first kappa shape index (κ1) is 16.9. The number of anilines is 1. The lowest BCUT2D eigenvalue weighted by Crippen LogP contribution is -2.32. The van der Waals surface area contributed by atoms with E-state index in [0.717, 1.165) is 21.8 Å². The van der Waals surface area contributed by atoms with Crippen LogP contribution in [0.2, 0.25) is 0 Å². The first-order valence-corrected chi connectivity index (χ1v) is 9.01. The predicted octanol–water partition coefficient (Wildman–Crippen LogP) is 3.48. The fraction of sp³-hybridized carbons (Fsp3) is 0.188. The first-order chi connectivity index (χ1) is 11.3. The SMILES string of the molecule is CC1(C)Oc2cc(N[SH](=O)=O)ccc2C(c2ccc(F)cn2)=C1Br. The molecule has 0 saturated heterocycles. The fourth-order valence-corrected chi connectivity index (χ4v) is 3.35. The highest BCUT2D eigenvalue weighted by Crippen LogP contribution is 2.46. The summed E-state index contributed by atoms with van der Waals surface area (Å²) in [4.78, 5) is 4.16. The van der Waals surface area contributed by atoms with Crippen LogP contribution >= 0.6 is 15.9 Å². The predicted molar refractivity (Wildman–Crippen MR) is 94.2 cm³/mol. The van der Waals surface area contributed by atoms with Gasteiger partial charge in [-0.3, -0.25) is 9.71 Å². The maximum atomic E-state index is 13.2. The summed E-state index contributed by atoms with van der Waals surface area (Å²) in [5.41, 5.74) is 1.84. The van der Waals surface area contributed by atoms with Crippen molar-refractivity contribution in [1.29, 1.82) is 0 Å². The van der Waals surface area contributed by atoms with E-state index in [1.165, 1.54) is 6.07 Å². The van der Waals surface area contributed by atoms with Crippen molar-refractivity contribution in [3.63, 3.8) is 0 Å². The van der Waals surface area contributed by atoms with Crippen molar-refractivity contribution in [2.24, 2.45) is 0 Å². The molecule has 0 atom stereocenters. The molecule has 3 rings (SSSR count). The molecule has 24 heavy (non-hydrogen) atoms. The van der Waals surface area contributed by atoms with Gasteiger partial charge in [0, 0.05) is 21.7 Å². The van der Waals surface area contributed by atoms with E-state index in [4.69, 9.17) is 4.74 Å². The summed E-state index contributed by atoms with van der Waals surface area (Å²) < 4.78 is 44.0. The zero-order valence-electron chi connectivity index (χ0n) is 12.8. The van der Waals surface area contributed by atoms with Crippen LogP contribution < -0.4 is 9.46 Å². The van der Waals surface area contributed by atoms with Crippen LogP contribution in [0.4, 0.5) is 10.1 Å². The number of hydrogen-bond acceptors (Lipinski definition) is 4. The Morgan fingerprint density at radius 1 is 1.25 bits per heavy atom. The molecule has 0 amide bonds. The molecule has 0 fully saturated rings. The highest BCUT2D eigenvalue weighted by Gasteiger charge is 2.34. The van der Waals surface area contributed by atoms with Crippen molar-refractivity contribution < 1.29 is 17.5 Å². The molecule has 2 heterocycles. The number of benzene rings is 1. The van der Waals surface area contributed by atoms with Crippen molar-refractivity contribution in [3.05, 3.63) is 58.1 Å². The van der Waals surface area contributed by atoms with Gasteiger partial charge in [0.2, 0.25) is 10.9 Å². The van der Waals surface area contributed by atoms with Gasteiger partial charge in [-0.2, -0.15) is 0 Å². The molecule has 1 aromatic heterocycles. The molecule has 0 bridgehead atoms. The van der Waals surface area contributed by atoms with Crippen molar-refractivity contribution in [2.75, 3.05) is 4.72 Å². The molecule has 0 aliphatic carbocycles. The topological polar surface area (TPSA) is 68.3 Å². The van der Waals surface area contributed by atoms with Crippen molar-refractivity contribution in [2.45, 2.75) is 19.4 Å². The molecule has 1 N–H and O–H groups in total. The van der Waals surface area contributed by atoms with Crippen molar-refractivity contribution in [3.8, 4) is 5.75 Å². The Kier molecular flexibility index (Phi) is 4.35. The summed E-state index contributed by atoms with van der Waals surface area (Å²) in [7, 11) is -2.76. The van der Waals surface area contributed by atoms with Crippen molar-refractivity contribution >= 4 is 38.1 Å². The average Bonchev–Trinajstić information content (AvgIpc) is 2.49. The Morgan fingerprint density at radius 2 is 2.00 bits per heavy atom. The van der Waals surface area contributed by atoms with E-state index in [-0.39, 0.29) is 0 Å². The summed E-state index contributed by atoms with van der Waals surface area (Å²) in [5.74, 6) is 0.104. The van der Waals surface area contributed by atoms with Gasteiger partial charge in [-0.05, 0) is 38.1 Å². The zero-order valence-corrected chi connectivity index (χ0v) is 15.3. The molecule has 0 saturated carbocycles. The number of fused-ring (bicyclic) bond motifs is 1. The molecule has 2 aromatic rings. The number of hydrogen-bond donors (Lipinski definition) is 2. The van der Waals surface area contributed by atoms with E-state index in [1.54, 1.807) is 24.3 Å². The van der Waals surface area contributed by atoms with Crippen molar-refractivity contribution in [1.82, 2.24) is 4.98 Å². The maximum absolute atomic E-state index is 13.2. The van der Waals surface area contributed by atoms with E-state index in [2.05, 4.69) is 25.6 Å². The number of aromatic nitrogens is 1. The second-order valence-corrected chi connectivity index (χ2v) is 7.27. The molecular weight excluding hydrogens is 399 g/mol. The number of halogens is 2. The Bertz CT molecular complexity index is 900. The van der Waals surface area contributed by atoms with Crippen LogP contribution in [0.15, 0.2) is 41.0 Å².